The molecule has 2 heterocycles. The third kappa shape index (κ3) is 3.27. The van der Waals surface area contributed by atoms with E-state index in [9.17, 15) is 4.79 Å². The summed E-state index contributed by atoms with van der Waals surface area (Å²) < 4.78 is 5.16. The molecule has 5 nitrogen and oxygen atoms in total. The molecular weight excluding hydrogens is 298 g/mol. The fourth-order valence-corrected chi connectivity index (χ4v) is 3.20. The van der Waals surface area contributed by atoms with Crippen LogP contribution in [0.1, 0.15) is 40.5 Å². The van der Waals surface area contributed by atoms with Crippen LogP contribution < -0.4 is 4.90 Å². The molecule has 2 aromatic heterocycles. The lowest BCUT2D eigenvalue weighted by Gasteiger charge is -2.22. The van der Waals surface area contributed by atoms with Crippen molar-refractivity contribution in [3.63, 3.8) is 0 Å². The van der Waals surface area contributed by atoms with E-state index in [4.69, 9.17) is 4.74 Å². The van der Waals surface area contributed by atoms with E-state index in [0.717, 1.165) is 22.0 Å². The Morgan fingerprint density at radius 1 is 1.23 bits per heavy atom. The number of carbonyl (C=O) groups excluding carboxylic acids is 1. The van der Waals surface area contributed by atoms with Gasteiger partial charge in [-0.05, 0) is 40.7 Å². The minimum Gasteiger partial charge on any atom is -0.462 e. The molecule has 0 fully saturated rings. The number of ether oxygens (including phenoxy) is 1. The summed E-state index contributed by atoms with van der Waals surface area (Å²) in [6.07, 6.45) is 0. The van der Waals surface area contributed by atoms with Gasteiger partial charge in [-0.1, -0.05) is 0 Å². The lowest BCUT2D eigenvalue weighted by atomic mass is 10.2. The van der Waals surface area contributed by atoms with Crippen LogP contribution in [0.25, 0.3) is 0 Å². The van der Waals surface area contributed by atoms with Crippen LogP contribution in [0.15, 0.2) is 11.4 Å². The third-order valence-electron chi connectivity index (χ3n) is 3.24. The van der Waals surface area contributed by atoms with Gasteiger partial charge in [-0.2, -0.15) is 0 Å². The first kappa shape index (κ1) is 16.4. The summed E-state index contributed by atoms with van der Waals surface area (Å²) in [7, 11) is 0. The molecule has 0 saturated carbocycles. The van der Waals surface area contributed by atoms with Crippen LogP contribution in [0.2, 0.25) is 0 Å². The summed E-state index contributed by atoms with van der Waals surface area (Å²) in [5.41, 5.74) is 3.24. The molecule has 0 saturated heterocycles. The second kappa shape index (κ2) is 6.87. The first-order chi connectivity index (χ1) is 10.5. The number of hydrogen-bond acceptors (Lipinski definition) is 6. The highest BCUT2D eigenvalue weighted by Gasteiger charge is 2.23. The highest BCUT2D eigenvalue weighted by Crippen LogP contribution is 2.35. The highest BCUT2D eigenvalue weighted by atomic mass is 32.1. The summed E-state index contributed by atoms with van der Waals surface area (Å²) in [6.45, 7) is 10.7. The summed E-state index contributed by atoms with van der Waals surface area (Å²) in [6, 6.07) is 1.93. The van der Waals surface area contributed by atoms with Gasteiger partial charge in [-0.3, -0.25) is 0 Å². The van der Waals surface area contributed by atoms with Crippen molar-refractivity contribution in [1.82, 2.24) is 9.97 Å². The van der Waals surface area contributed by atoms with Crippen molar-refractivity contribution in [2.24, 2.45) is 0 Å². The predicted octanol–water partition coefficient (Wildman–Crippen LogP) is 3.80. The van der Waals surface area contributed by atoms with Gasteiger partial charge in [0.1, 0.15) is 0 Å². The van der Waals surface area contributed by atoms with Gasteiger partial charge in [-0.15, -0.1) is 11.3 Å². The van der Waals surface area contributed by atoms with Gasteiger partial charge in [-0.25, -0.2) is 14.8 Å². The van der Waals surface area contributed by atoms with E-state index in [1.807, 2.05) is 44.0 Å². The maximum Gasteiger partial charge on any atom is 0.341 e. The van der Waals surface area contributed by atoms with Crippen LogP contribution in [-0.2, 0) is 4.74 Å². The van der Waals surface area contributed by atoms with Crippen LogP contribution in [0.5, 0.6) is 0 Å². The fraction of sp³-hybridized carbons (Fsp3) is 0.438. The Labute approximate surface area is 135 Å². The molecule has 0 aromatic carbocycles. The number of thiophene rings is 1. The maximum atomic E-state index is 12.2. The smallest absolute Gasteiger partial charge is 0.341 e. The molecule has 0 amide bonds. The number of hydrogen-bond donors (Lipinski definition) is 0. The predicted molar refractivity (Wildman–Crippen MR) is 89.2 cm³/mol. The Morgan fingerprint density at radius 2 is 1.86 bits per heavy atom. The zero-order valence-corrected chi connectivity index (χ0v) is 14.5. The largest absolute Gasteiger partial charge is 0.462 e. The number of carbonyl (C=O) groups is 1. The topological polar surface area (TPSA) is 55.3 Å². The molecule has 2 rings (SSSR count). The van der Waals surface area contributed by atoms with E-state index in [-0.39, 0.29) is 5.97 Å². The molecule has 0 unspecified atom stereocenters. The summed E-state index contributed by atoms with van der Waals surface area (Å²) >= 11 is 1.53. The first-order valence-corrected chi connectivity index (χ1v) is 8.20. The van der Waals surface area contributed by atoms with Crippen molar-refractivity contribution >= 4 is 28.9 Å². The second-order valence-electron chi connectivity index (χ2n) is 4.97. The number of anilines is 2. The van der Waals surface area contributed by atoms with E-state index in [1.165, 1.54) is 11.3 Å². The summed E-state index contributed by atoms with van der Waals surface area (Å²) in [4.78, 5) is 24.2. The van der Waals surface area contributed by atoms with E-state index in [2.05, 4.69) is 9.97 Å². The van der Waals surface area contributed by atoms with Gasteiger partial charge in [0.05, 0.1) is 17.9 Å². The molecule has 0 atom stereocenters. The van der Waals surface area contributed by atoms with Crippen molar-refractivity contribution in [3.8, 4) is 0 Å². The molecule has 6 heteroatoms. The molecule has 22 heavy (non-hydrogen) atoms. The Hall–Kier alpha value is -1.95. The zero-order chi connectivity index (χ0) is 16.3. The van der Waals surface area contributed by atoms with Crippen molar-refractivity contribution in [2.45, 2.75) is 34.6 Å². The quantitative estimate of drug-likeness (QED) is 0.785. The third-order valence-corrected chi connectivity index (χ3v) is 4.14. The Morgan fingerprint density at radius 3 is 2.41 bits per heavy atom. The lowest BCUT2D eigenvalue weighted by molar-refractivity contribution is 0.0528. The Balaban J connectivity index is 2.51. The SMILES string of the molecule is CCOC(=O)c1csc(C)c1N(CC)c1nc(C)cc(C)n1. The molecular formula is C16H21N3O2S. The van der Waals surface area contributed by atoms with Crippen LogP contribution >= 0.6 is 11.3 Å². The fourth-order valence-electron chi connectivity index (χ4n) is 2.37. The van der Waals surface area contributed by atoms with Crippen molar-refractivity contribution in [3.05, 3.63) is 33.3 Å². The molecule has 2 aromatic rings. The minimum absolute atomic E-state index is 0.301. The molecule has 0 spiro atoms. The van der Waals surface area contributed by atoms with E-state index in [0.29, 0.717) is 24.7 Å². The van der Waals surface area contributed by atoms with Gasteiger partial charge in [0.2, 0.25) is 5.95 Å². The van der Waals surface area contributed by atoms with E-state index in [1.54, 1.807) is 6.92 Å². The van der Waals surface area contributed by atoms with Gasteiger partial charge < -0.3 is 9.64 Å². The average Bonchev–Trinajstić information content (AvgIpc) is 2.81. The van der Waals surface area contributed by atoms with Crippen molar-refractivity contribution < 1.29 is 9.53 Å². The van der Waals surface area contributed by atoms with Crippen LogP contribution in [0, 0.1) is 20.8 Å². The van der Waals surface area contributed by atoms with Crippen LogP contribution in [0.4, 0.5) is 11.6 Å². The molecule has 0 radical (unpaired) electrons. The van der Waals surface area contributed by atoms with E-state index < -0.39 is 0 Å². The molecule has 0 aliphatic heterocycles. The Kier molecular flexibility index (Phi) is 5.13. The second-order valence-corrected chi connectivity index (χ2v) is 6.05. The number of nitrogens with zero attached hydrogens (tertiary/aromatic N) is 3. The number of esters is 1. The first-order valence-electron chi connectivity index (χ1n) is 7.32. The highest BCUT2D eigenvalue weighted by molar-refractivity contribution is 7.10. The molecule has 0 bridgehead atoms. The summed E-state index contributed by atoms with van der Waals surface area (Å²) in [5, 5.41) is 1.84. The van der Waals surface area contributed by atoms with Gasteiger partial charge in [0.15, 0.2) is 0 Å². The molecule has 0 aliphatic carbocycles. The van der Waals surface area contributed by atoms with Gasteiger partial charge in [0.25, 0.3) is 0 Å². The zero-order valence-electron chi connectivity index (χ0n) is 13.6. The number of aryl methyl sites for hydroxylation is 3. The van der Waals surface area contributed by atoms with Crippen LogP contribution in [-0.4, -0.2) is 29.1 Å². The minimum atomic E-state index is -0.301. The number of aromatic nitrogens is 2. The summed E-state index contributed by atoms with van der Waals surface area (Å²) in [5.74, 6) is 0.316. The van der Waals surface area contributed by atoms with E-state index >= 15 is 0 Å². The lowest BCUT2D eigenvalue weighted by Crippen LogP contribution is -2.22. The average molecular weight is 319 g/mol. The molecule has 0 aliphatic rings. The number of rotatable bonds is 5. The van der Waals surface area contributed by atoms with Gasteiger partial charge in [0, 0.05) is 28.2 Å². The normalized spacial score (nSPS) is 10.6. The van der Waals surface area contributed by atoms with Crippen molar-refractivity contribution in [2.75, 3.05) is 18.1 Å². The molecule has 118 valence electrons. The van der Waals surface area contributed by atoms with Crippen molar-refractivity contribution in [1.29, 1.82) is 0 Å². The van der Waals surface area contributed by atoms with Crippen LogP contribution in [0.3, 0.4) is 0 Å². The standard InChI is InChI=1S/C16H21N3O2S/c1-6-19(16-17-10(3)8-11(4)18-16)14-12(5)22-9-13(14)15(20)21-7-2/h8-9H,6-7H2,1-5H3. The maximum absolute atomic E-state index is 12.2. The van der Waals surface area contributed by atoms with Gasteiger partial charge >= 0.3 is 5.97 Å². The Bertz CT molecular complexity index is 662. The molecule has 0 N–H and O–H groups in total. The monoisotopic (exact) mass is 319 g/mol.